The van der Waals surface area contributed by atoms with Crippen LogP contribution in [0.1, 0.15) is 13.8 Å². The minimum absolute atomic E-state index is 0.0468. The lowest BCUT2D eigenvalue weighted by Crippen LogP contribution is -2.12. The molecule has 0 aliphatic heterocycles. The van der Waals surface area contributed by atoms with E-state index in [1.54, 1.807) is 24.3 Å². The molecule has 1 heterocycles. The Morgan fingerprint density at radius 2 is 1.84 bits per heavy atom. The molecule has 2 N–H and O–H groups in total. The fourth-order valence-corrected chi connectivity index (χ4v) is 4.03. The smallest absolute Gasteiger partial charge is 0.268 e. The minimum atomic E-state index is -3.77. The second-order valence-electron chi connectivity index (χ2n) is 5.91. The van der Waals surface area contributed by atoms with Crippen molar-refractivity contribution in [3.63, 3.8) is 0 Å². The number of nitrogens with two attached hydrogens (primary N) is 1. The van der Waals surface area contributed by atoms with E-state index >= 15 is 0 Å². The summed E-state index contributed by atoms with van der Waals surface area (Å²) in [5.41, 5.74) is 6.69. The molecule has 1 aromatic heterocycles. The van der Waals surface area contributed by atoms with E-state index in [1.807, 2.05) is 19.9 Å². The van der Waals surface area contributed by atoms with Crippen LogP contribution in [0.2, 0.25) is 0 Å². The van der Waals surface area contributed by atoms with Crippen LogP contribution in [0.4, 0.5) is 5.69 Å². The van der Waals surface area contributed by atoms with Gasteiger partial charge in [-0.3, -0.25) is 0 Å². The Morgan fingerprint density at radius 1 is 1.08 bits per heavy atom. The van der Waals surface area contributed by atoms with Crippen LogP contribution in [0.25, 0.3) is 10.9 Å². The summed E-state index contributed by atoms with van der Waals surface area (Å²) in [6.07, 6.45) is 1.57. The van der Waals surface area contributed by atoms with Gasteiger partial charge in [0.25, 0.3) is 10.0 Å². The summed E-state index contributed by atoms with van der Waals surface area (Å²) in [7, 11) is -2.28. The van der Waals surface area contributed by atoms with E-state index in [1.165, 1.54) is 29.4 Å². The molecule has 3 aromatic rings. The van der Waals surface area contributed by atoms with Crippen LogP contribution in [-0.4, -0.2) is 25.6 Å². The third-order valence-corrected chi connectivity index (χ3v) is 5.44. The van der Waals surface area contributed by atoms with Gasteiger partial charge < -0.3 is 15.2 Å². The highest BCUT2D eigenvalue weighted by molar-refractivity contribution is 7.90. The molecule has 0 radical (unpaired) electrons. The number of fused-ring (bicyclic) bond motifs is 1. The second-order valence-corrected chi connectivity index (χ2v) is 7.72. The lowest BCUT2D eigenvalue weighted by molar-refractivity contribution is 0.243. The maximum Gasteiger partial charge on any atom is 0.268 e. The zero-order valence-electron chi connectivity index (χ0n) is 14.3. The predicted octanol–water partition coefficient (Wildman–Crippen LogP) is 3.26. The molecule has 0 saturated carbocycles. The fourth-order valence-electron chi connectivity index (χ4n) is 2.64. The van der Waals surface area contributed by atoms with E-state index in [4.69, 9.17) is 15.2 Å². The second kappa shape index (κ2) is 6.33. The van der Waals surface area contributed by atoms with Crippen LogP contribution in [0.3, 0.4) is 0 Å². The molecule has 0 unspecified atom stereocenters. The molecule has 0 saturated heterocycles. The van der Waals surface area contributed by atoms with Crippen molar-refractivity contribution in [2.75, 3.05) is 12.8 Å². The monoisotopic (exact) mass is 360 g/mol. The SMILES string of the molecule is COc1ccc(S(=O)(=O)n2ccc3cc(OC(C)C)ccc32)cc1N. The summed E-state index contributed by atoms with van der Waals surface area (Å²) < 4.78 is 37.9. The van der Waals surface area contributed by atoms with Crippen molar-refractivity contribution in [2.45, 2.75) is 24.8 Å². The zero-order valence-corrected chi connectivity index (χ0v) is 15.1. The van der Waals surface area contributed by atoms with Crippen molar-refractivity contribution in [1.29, 1.82) is 0 Å². The van der Waals surface area contributed by atoms with E-state index in [0.29, 0.717) is 17.0 Å². The molecule has 0 aliphatic rings. The van der Waals surface area contributed by atoms with Crippen LogP contribution in [0.5, 0.6) is 11.5 Å². The molecular weight excluding hydrogens is 340 g/mol. The quantitative estimate of drug-likeness (QED) is 0.706. The van der Waals surface area contributed by atoms with E-state index in [9.17, 15) is 8.42 Å². The molecule has 0 atom stereocenters. The van der Waals surface area contributed by atoms with Gasteiger partial charge in [0.05, 0.1) is 29.3 Å². The van der Waals surface area contributed by atoms with Crippen LogP contribution >= 0.6 is 0 Å². The highest BCUT2D eigenvalue weighted by Crippen LogP contribution is 2.29. The van der Waals surface area contributed by atoms with Crippen LogP contribution < -0.4 is 15.2 Å². The summed E-state index contributed by atoms with van der Waals surface area (Å²) in [4.78, 5) is 0.103. The summed E-state index contributed by atoms with van der Waals surface area (Å²) >= 11 is 0. The third-order valence-electron chi connectivity index (χ3n) is 3.76. The lowest BCUT2D eigenvalue weighted by atomic mass is 10.2. The maximum atomic E-state index is 13.0. The molecule has 7 heteroatoms. The molecule has 0 aliphatic carbocycles. The highest BCUT2D eigenvalue weighted by Gasteiger charge is 2.20. The highest BCUT2D eigenvalue weighted by atomic mass is 32.2. The van der Waals surface area contributed by atoms with Gasteiger partial charge in [-0.25, -0.2) is 12.4 Å². The van der Waals surface area contributed by atoms with E-state index in [-0.39, 0.29) is 16.7 Å². The Labute approximate surface area is 146 Å². The number of nitrogen functional groups attached to an aromatic ring is 1. The number of anilines is 1. The van der Waals surface area contributed by atoms with Crippen LogP contribution in [0.15, 0.2) is 53.6 Å². The van der Waals surface area contributed by atoms with Gasteiger partial charge in [-0.1, -0.05) is 0 Å². The van der Waals surface area contributed by atoms with Gasteiger partial charge in [-0.15, -0.1) is 0 Å². The third kappa shape index (κ3) is 3.15. The normalized spacial score (nSPS) is 11.8. The number of rotatable bonds is 5. The molecule has 3 rings (SSSR count). The van der Waals surface area contributed by atoms with Gasteiger partial charge in [-0.05, 0) is 56.3 Å². The topological polar surface area (TPSA) is 83.5 Å². The first kappa shape index (κ1) is 17.2. The Balaban J connectivity index is 2.07. The molecule has 2 aromatic carbocycles. The number of methoxy groups -OCH3 is 1. The average Bonchev–Trinajstić information content (AvgIpc) is 2.98. The van der Waals surface area contributed by atoms with E-state index in [2.05, 4.69) is 0 Å². The number of nitrogens with zero attached hydrogens (tertiary/aromatic N) is 1. The van der Waals surface area contributed by atoms with Crippen molar-refractivity contribution >= 4 is 26.6 Å². The molecule has 6 nitrogen and oxygen atoms in total. The van der Waals surface area contributed by atoms with Crippen LogP contribution in [0, 0.1) is 0 Å². The summed E-state index contributed by atoms with van der Waals surface area (Å²) in [6, 6.07) is 11.5. The number of hydrogen-bond acceptors (Lipinski definition) is 5. The van der Waals surface area contributed by atoms with Gasteiger partial charge in [0.1, 0.15) is 11.5 Å². The van der Waals surface area contributed by atoms with Gasteiger partial charge >= 0.3 is 0 Å². The number of aromatic nitrogens is 1. The maximum absolute atomic E-state index is 13.0. The number of ether oxygens (including phenoxy) is 2. The van der Waals surface area contributed by atoms with Gasteiger partial charge in [-0.2, -0.15) is 0 Å². The first-order valence-electron chi connectivity index (χ1n) is 7.80. The molecule has 0 fully saturated rings. The van der Waals surface area contributed by atoms with Crippen molar-refractivity contribution < 1.29 is 17.9 Å². The predicted molar refractivity (Wildman–Crippen MR) is 97.7 cm³/mol. The van der Waals surface area contributed by atoms with Crippen molar-refractivity contribution in [3.05, 3.63) is 48.7 Å². The van der Waals surface area contributed by atoms with Crippen molar-refractivity contribution in [1.82, 2.24) is 3.97 Å². The molecule has 0 spiro atoms. The van der Waals surface area contributed by atoms with Gasteiger partial charge in [0.15, 0.2) is 0 Å². The Kier molecular flexibility index (Phi) is 4.34. The fraction of sp³-hybridized carbons (Fsp3) is 0.222. The average molecular weight is 360 g/mol. The molecule has 0 amide bonds. The molecular formula is C18H20N2O4S. The van der Waals surface area contributed by atoms with Gasteiger partial charge in [0.2, 0.25) is 0 Å². The first-order chi connectivity index (χ1) is 11.8. The first-order valence-corrected chi connectivity index (χ1v) is 9.24. The van der Waals surface area contributed by atoms with Crippen molar-refractivity contribution in [3.8, 4) is 11.5 Å². The summed E-state index contributed by atoms with van der Waals surface area (Å²) in [5.74, 6) is 1.14. The lowest BCUT2D eigenvalue weighted by Gasteiger charge is -2.12. The minimum Gasteiger partial charge on any atom is -0.495 e. The summed E-state index contributed by atoms with van der Waals surface area (Å²) in [5, 5.41) is 0.781. The Hall–Kier alpha value is -2.67. The largest absolute Gasteiger partial charge is 0.495 e. The Morgan fingerprint density at radius 3 is 2.48 bits per heavy atom. The van der Waals surface area contributed by atoms with Crippen molar-refractivity contribution in [2.24, 2.45) is 0 Å². The van der Waals surface area contributed by atoms with E-state index < -0.39 is 10.0 Å². The van der Waals surface area contributed by atoms with Crippen LogP contribution in [-0.2, 0) is 10.0 Å². The molecule has 0 bridgehead atoms. The molecule has 25 heavy (non-hydrogen) atoms. The number of hydrogen-bond donors (Lipinski definition) is 1. The standard InChI is InChI=1S/C18H20N2O4S/c1-12(2)24-14-4-6-17-13(10-14)8-9-20(17)25(21,22)15-5-7-18(23-3)16(19)11-15/h4-12H,19H2,1-3H3. The van der Waals surface area contributed by atoms with E-state index in [0.717, 1.165) is 5.39 Å². The number of benzene rings is 2. The summed E-state index contributed by atoms with van der Waals surface area (Å²) in [6.45, 7) is 3.88. The molecule has 132 valence electrons. The zero-order chi connectivity index (χ0) is 18.2. The van der Waals surface area contributed by atoms with Gasteiger partial charge in [0, 0.05) is 11.6 Å². The Bertz CT molecular complexity index is 1020.